The average molecular weight is 214 g/mol. The number of aliphatic hydroxyl groups is 1. The van der Waals surface area contributed by atoms with E-state index in [2.05, 4.69) is 13.8 Å². The molecule has 1 aliphatic rings. The number of esters is 1. The van der Waals surface area contributed by atoms with Gasteiger partial charge >= 0.3 is 5.97 Å². The van der Waals surface area contributed by atoms with Gasteiger partial charge in [0, 0.05) is 6.42 Å². The number of aliphatic hydroxyl groups excluding tert-OH is 1. The first-order valence-corrected chi connectivity index (χ1v) is 5.80. The van der Waals surface area contributed by atoms with Crippen molar-refractivity contribution in [3.8, 4) is 0 Å². The van der Waals surface area contributed by atoms with Crippen LogP contribution in [-0.2, 0) is 9.53 Å². The lowest BCUT2D eigenvalue weighted by Gasteiger charge is -2.18. The molecule has 1 aliphatic heterocycles. The second-order valence-electron chi connectivity index (χ2n) is 5.26. The van der Waals surface area contributed by atoms with Gasteiger partial charge in [0.05, 0.1) is 12.0 Å². The largest absolute Gasteiger partial charge is 0.459 e. The molecule has 1 fully saturated rings. The predicted octanol–water partition coefficient (Wildman–Crippen LogP) is 1.98. The summed E-state index contributed by atoms with van der Waals surface area (Å²) in [6.45, 7) is 8.14. The summed E-state index contributed by atoms with van der Waals surface area (Å²) in [4.78, 5) is 11.5. The second kappa shape index (κ2) is 4.97. The lowest BCUT2D eigenvalue weighted by molar-refractivity contribution is -0.149. The van der Waals surface area contributed by atoms with Crippen molar-refractivity contribution >= 4 is 5.97 Å². The van der Waals surface area contributed by atoms with Crippen molar-refractivity contribution in [2.24, 2.45) is 17.8 Å². The molecular weight excluding hydrogens is 192 g/mol. The van der Waals surface area contributed by atoms with E-state index in [9.17, 15) is 9.90 Å². The van der Waals surface area contributed by atoms with Gasteiger partial charge in [-0.25, -0.2) is 0 Å². The number of hydrogen-bond donors (Lipinski definition) is 1. The highest BCUT2D eigenvalue weighted by atomic mass is 16.6. The molecule has 1 saturated heterocycles. The molecule has 0 aromatic rings. The highest BCUT2D eigenvalue weighted by molar-refractivity contribution is 5.75. The molecule has 0 bridgehead atoms. The Balaban J connectivity index is 2.50. The van der Waals surface area contributed by atoms with E-state index in [1.165, 1.54) is 0 Å². The molecule has 0 unspecified atom stereocenters. The Bertz CT molecular complexity index is 223. The summed E-state index contributed by atoms with van der Waals surface area (Å²) >= 11 is 0. The summed E-state index contributed by atoms with van der Waals surface area (Å²) in [7, 11) is 0. The zero-order valence-electron chi connectivity index (χ0n) is 10.1. The van der Waals surface area contributed by atoms with E-state index in [4.69, 9.17) is 4.74 Å². The molecule has 0 radical (unpaired) electrons. The Hall–Kier alpha value is -0.570. The molecule has 88 valence electrons. The Morgan fingerprint density at radius 3 is 2.40 bits per heavy atom. The van der Waals surface area contributed by atoms with Gasteiger partial charge in [-0.2, -0.15) is 0 Å². The summed E-state index contributed by atoms with van der Waals surface area (Å²) in [5.41, 5.74) is 0. The van der Waals surface area contributed by atoms with Crippen molar-refractivity contribution in [2.45, 2.75) is 52.7 Å². The molecule has 1 heterocycles. The molecule has 3 atom stereocenters. The number of carbonyl (C=O) groups excluding carboxylic acids is 1. The molecule has 0 saturated carbocycles. The van der Waals surface area contributed by atoms with Gasteiger partial charge in [0.25, 0.3) is 0 Å². The fraction of sp³-hybridized carbons (Fsp3) is 0.917. The van der Waals surface area contributed by atoms with Gasteiger partial charge in [-0.1, -0.05) is 27.7 Å². The Labute approximate surface area is 91.8 Å². The van der Waals surface area contributed by atoms with Crippen LogP contribution in [0.3, 0.4) is 0 Å². The minimum atomic E-state index is -0.502. The summed E-state index contributed by atoms with van der Waals surface area (Å²) in [5, 5.41) is 9.86. The van der Waals surface area contributed by atoms with Gasteiger partial charge in [-0.3, -0.25) is 4.79 Å². The van der Waals surface area contributed by atoms with E-state index in [-0.39, 0.29) is 18.0 Å². The topological polar surface area (TPSA) is 46.5 Å². The third kappa shape index (κ3) is 3.20. The van der Waals surface area contributed by atoms with Crippen LogP contribution in [0.4, 0.5) is 0 Å². The van der Waals surface area contributed by atoms with E-state index in [0.717, 1.165) is 0 Å². The quantitative estimate of drug-likeness (QED) is 0.728. The number of cyclic esters (lactones) is 1. The standard InChI is InChI=1S/C12H22O3/c1-7(2)5-10(13)11-6-9(8(3)4)12(14)15-11/h7-11,13H,5-6H2,1-4H3/t9-,10+,11-/m1/s1. The highest BCUT2D eigenvalue weighted by Gasteiger charge is 2.39. The monoisotopic (exact) mass is 214 g/mol. The third-order valence-corrected chi connectivity index (χ3v) is 3.00. The van der Waals surface area contributed by atoms with Crippen LogP contribution in [0, 0.1) is 17.8 Å². The molecule has 0 spiro atoms. The highest BCUT2D eigenvalue weighted by Crippen LogP contribution is 2.30. The van der Waals surface area contributed by atoms with E-state index < -0.39 is 6.10 Å². The summed E-state index contributed by atoms with van der Waals surface area (Å²) < 4.78 is 5.21. The van der Waals surface area contributed by atoms with Gasteiger partial charge in [-0.15, -0.1) is 0 Å². The van der Waals surface area contributed by atoms with Crippen LogP contribution in [0.15, 0.2) is 0 Å². The predicted molar refractivity (Wildman–Crippen MR) is 58.3 cm³/mol. The van der Waals surface area contributed by atoms with E-state index in [1.807, 2.05) is 13.8 Å². The number of ether oxygens (including phenoxy) is 1. The minimum Gasteiger partial charge on any atom is -0.459 e. The zero-order valence-corrected chi connectivity index (χ0v) is 10.1. The SMILES string of the molecule is CC(C)C[C@H](O)[C@H]1C[C@H](C(C)C)C(=O)O1. The van der Waals surface area contributed by atoms with Crippen LogP contribution in [0.25, 0.3) is 0 Å². The summed E-state index contributed by atoms with van der Waals surface area (Å²) in [6.07, 6.45) is 0.581. The van der Waals surface area contributed by atoms with Crippen LogP contribution in [0.5, 0.6) is 0 Å². The zero-order chi connectivity index (χ0) is 11.6. The normalized spacial score (nSPS) is 28.6. The van der Waals surface area contributed by atoms with Crippen molar-refractivity contribution < 1.29 is 14.6 Å². The van der Waals surface area contributed by atoms with Gasteiger partial charge in [-0.05, 0) is 18.3 Å². The van der Waals surface area contributed by atoms with Gasteiger partial charge in [0.15, 0.2) is 0 Å². The van der Waals surface area contributed by atoms with Crippen LogP contribution in [-0.4, -0.2) is 23.3 Å². The maximum Gasteiger partial charge on any atom is 0.309 e. The minimum absolute atomic E-state index is 0.0307. The molecule has 1 N–H and O–H groups in total. The molecule has 1 rings (SSSR count). The Morgan fingerprint density at radius 1 is 1.40 bits per heavy atom. The lowest BCUT2D eigenvalue weighted by atomic mass is 9.90. The smallest absolute Gasteiger partial charge is 0.309 e. The van der Waals surface area contributed by atoms with Crippen LogP contribution < -0.4 is 0 Å². The Kier molecular flexibility index (Phi) is 4.14. The average Bonchev–Trinajstić information content (AvgIpc) is 2.46. The van der Waals surface area contributed by atoms with Gasteiger partial charge in [0.2, 0.25) is 0 Å². The molecule has 3 heteroatoms. The number of carbonyl (C=O) groups is 1. The van der Waals surface area contributed by atoms with Gasteiger partial charge < -0.3 is 9.84 Å². The molecule has 3 nitrogen and oxygen atoms in total. The van der Waals surface area contributed by atoms with Crippen LogP contribution >= 0.6 is 0 Å². The van der Waals surface area contributed by atoms with Crippen molar-refractivity contribution in [3.05, 3.63) is 0 Å². The first kappa shape index (κ1) is 12.5. The summed E-state index contributed by atoms with van der Waals surface area (Å²) in [6, 6.07) is 0. The van der Waals surface area contributed by atoms with Crippen molar-refractivity contribution in [3.63, 3.8) is 0 Å². The number of hydrogen-bond acceptors (Lipinski definition) is 3. The van der Waals surface area contributed by atoms with E-state index in [1.54, 1.807) is 0 Å². The molecule has 0 amide bonds. The molecular formula is C12H22O3. The fourth-order valence-corrected chi connectivity index (χ4v) is 2.05. The van der Waals surface area contributed by atoms with Crippen LogP contribution in [0.2, 0.25) is 0 Å². The van der Waals surface area contributed by atoms with Crippen LogP contribution in [0.1, 0.15) is 40.5 Å². The molecule has 0 aromatic carbocycles. The Morgan fingerprint density at radius 2 is 2.00 bits per heavy atom. The lowest BCUT2D eigenvalue weighted by Crippen LogP contribution is -2.27. The van der Waals surface area contributed by atoms with Crippen molar-refractivity contribution in [1.29, 1.82) is 0 Å². The maximum absolute atomic E-state index is 11.5. The van der Waals surface area contributed by atoms with E-state index in [0.29, 0.717) is 24.7 Å². The second-order valence-corrected chi connectivity index (χ2v) is 5.26. The third-order valence-electron chi connectivity index (χ3n) is 3.00. The van der Waals surface area contributed by atoms with Crippen molar-refractivity contribution in [2.75, 3.05) is 0 Å². The molecule has 0 aromatic heterocycles. The van der Waals surface area contributed by atoms with E-state index >= 15 is 0 Å². The maximum atomic E-state index is 11.5. The summed E-state index contributed by atoms with van der Waals surface area (Å²) in [5.74, 6) is 0.556. The first-order valence-electron chi connectivity index (χ1n) is 5.80. The number of rotatable bonds is 4. The fourth-order valence-electron chi connectivity index (χ4n) is 2.05. The molecule has 15 heavy (non-hydrogen) atoms. The molecule has 0 aliphatic carbocycles. The van der Waals surface area contributed by atoms with Crippen molar-refractivity contribution in [1.82, 2.24) is 0 Å². The first-order chi connectivity index (χ1) is 6.91. The van der Waals surface area contributed by atoms with Gasteiger partial charge in [0.1, 0.15) is 6.10 Å².